The van der Waals surface area contributed by atoms with E-state index in [2.05, 4.69) is 5.32 Å². The van der Waals surface area contributed by atoms with Crippen molar-refractivity contribution in [3.63, 3.8) is 0 Å². The Kier molecular flexibility index (Phi) is 6.32. The molecule has 1 N–H and O–H groups in total. The first-order valence-electron chi connectivity index (χ1n) is 9.28. The summed E-state index contributed by atoms with van der Waals surface area (Å²) >= 11 is 0. The van der Waals surface area contributed by atoms with E-state index < -0.39 is 5.91 Å². The Morgan fingerprint density at radius 1 is 1.03 bits per heavy atom. The molecule has 1 aromatic heterocycles. The van der Waals surface area contributed by atoms with Crippen LogP contribution in [0.3, 0.4) is 0 Å². The molecule has 3 aromatic rings. The second-order valence-corrected chi connectivity index (χ2v) is 6.74. The average Bonchev–Trinajstić information content (AvgIpc) is 3.23. The van der Waals surface area contributed by atoms with Crippen molar-refractivity contribution in [2.24, 2.45) is 0 Å². The van der Waals surface area contributed by atoms with Crippen LogP contribution in [0, 0.1) is 0 Å². The summed E-state index contributed by atoms with van der Waals surface area (Å²) in [6.07, 6.45) is 0. The van der Waals surface area contributed by atoms with Crippen LogP contribution in [0.2, 0.25) is 0 Å². The normalized spacial score (nSPS) is 10.4. The summed E-state index contributed by atoms with van der Waals surface area (Å²) in [5.74, 6) is 0.468. The van der Waals surface area contributed by atoms with Gasteiger partial charge in [0.15, 0.2) is 11.5 Å². The predicted octanol–water partition coefficient (Wildman–Crippen LogP) is 3.87. The first kappa shape index (κ1) is 20.9. The van der Waals surface area contributed by atoms with Crippen LogP contribution in [-0.4, -0.2) is 43.2 Å². The molecule has 154 valence electrons. The maximum atomic E-state index is 12.6. The summed E-state index contributed by atoms with van der Waals surface area (Å²) in [5.41, 5.74) is 1.93. The molecule has 7 nitrogen and oxygen atoms in total. The monoisotopic (exact) mass is 406 g/mol. The lowest BCUT2D eigenvalue weighted by Gasteiger charge is -2.15. The van der Waals surface area contributed by atoms with Gasteiger partial charge < -0.3 is 19.4 Å². The molecule has 0 spiro atoms. The van der Waals surface area contributed by atoms with Crippen LogP contribution in [0.1, 0.15) is 27.8 Å². The highest BCUT2D eigenvalue weighted by molar-refractivity contribution is 5.98. The zero-order chi connectivity index (χ0) is 21.7. The Labute approximate surface area is 174 Å². The van der Waals surface area contributed by atoms with Gasteiger partial charge in [0, 0.05) is 29.9 Å². The highest BCUT2D eigenvalue weighted by atomic mass is 16.5. The third-order valence-electron chi connectivity index (χ3n) is 4.47. The quantitative estimate of drug-likeness (QED) is 0.602. The van der Waals surface area contributed by atoms with Gasteiger partial charge >= 0.3 is 0 Å². The van der Waals surface area contributed by atoms with Crippen molar-refractivity contribution in [1.82, 2.24) is 4.90 Å². The van der Waals surface area contributed by atoms with Gasteiger partial charge in [-0.05, 0) is 31.2 Å². The molecule has 0 saturated carbocycles. The van der Waals surface area contributed by atoms with Crippen molar-refractivity contribution in [1.29, 1.82) is 0 Å². The van der Waals surface area contributed by atoms with Crippen LogP contribution in [0.15, 0.2) is 65.1 Å². The second kappa shape index (κ2) is 9.09. The number of ether oxygens (including phenoxy) is 1. The summed E-state index contributed by atoms with van der Waals surface area (Å²) in [4.78, 5) is 37.5. The van der Waals surface area contributed by atoms with Crippen molar-refractivity contribution < 1.29 is 23.5 Å². The third-order valence-corrected chi connectivity index (χ3v) is 4.47. The number of anilines is 1. The molecule has 0 aliphatic rings. The summed E-state index contributed by atoms with van der Waals surface area (Å²) < 4.78 is 10.8. The molecule has 2 amide bonds. The van der Waals surface area contributed by atoms with Gasteiger partial charge in [-0.1, -0.05) is 30.3 Å². The van der Waals surface area contributed by atoms with Crippen LogP contribution >= 0.6 is 0 Å². The Bertz CT molecular complexity index is 1070. The molecule has 0 fully saturated rings. The number of nitrogens with zero attached hydrogens (tertiary/aromatic N) is 1. The minimum Gasteiger partial charge on any atom is -0.497 e. The van der Waals surface area contributed by atoms with Crippen molar-refractivity contribution in [3.8, 4) is 17.1 Å². The first-order valence-corrected chi connectivity index (χ1v) is 9.28. The Morgan fingerprint density at radius 3 is 2.43 bits per heavy atom. The van der Waals surface area contributed by atoms with Gasteiger partial charge in [0.05, 0.1) is 13.7 Å². The number of carbonyl (C=O) groups excluding carboxylic acids is 3. The standard InChI is InChI=1S/C23H22N2O5/c1-15(26)16-7-9-17(10-8-16)20-11-12-21(30-20)23(28)25(2)14-22(27)24-18-5-4-6-19(13-18)29-3/h4-13H,14H2,1-3H3,(H,24,27). The SMILES string of the molecule is COc1cccc(NC(=O)CN(C)C(=O)c2ccc(-c3ccc(C(C)=O)cc3)o2)c1. The van der Waals surface area contributed by atoms with Gasteiger partial charge in [-0.2, -0.15) is 0 Å². The number of Topliss-reactive ketones (excluding diaryl/α,β-unsaturated/α-hetero) is 1. The number of likely N-dealkylation sites (N-methyl/N-ethyl adjacent to an activating group) is 1. The highest BCUT2D eigenvalue weighted by Crippen LogP contribution is 2.23. The molecule has 2 aromatic carbocycles. The number of hydrogen-bond donors (Lipinski definition) is 1. The van der Waals surface area contributed by atoms with Crippen LogP contribution in [0.4, 0.5) is 5.69 Å². The van der Waals surface area contributed by atoms with Crippen LogP contribution in [0.25, 0.3) is 11.3 Å². The summed E-state index contributed by atoms with van der Waals surface area (Å²) in [6, 6.07) is 17.1. The van der Waals surface area contributed by atoms with E-state index in [1.54, 1.807) is 67.8 Å². The molecule has 1 heterocycles. The number of benzene rings is 2. The summed E-state index contributed by atoms with van der Waals surface area (Å²) in [7, 11) is 3.07. The van der Waals surface area contributed by atoms with Crippen LogP contribution < -0.4 is 10.1 Å². The molecule has 0 saturated heterocycles. The zero-order valence-electron chi connectivity index (χ0n) is 17.0. The van der Waals surface area contributed by atoms with E-state index in [9.17, 15) is 14.4 Å². The number of carbonyl (C=O) groups is 3. The molecule has 0 unspecified atom stereocenters. The van der Waals surface area contributed by atoms with E-state index in [0.29, 0.717) is 22.8 Å². The van der Waals surface area contributed by atoms with E-state index in [0.717, 1.165) is 5.56 Å². The first-order chi connectivity index (χ1) is 14.4. The van der Waals surface area contributed by atoms with Crippen molar-refractivity contribution >= 4 is 23.3 Å². The number of furan rings is 1. The average molecular weight is 406 g/mol. The molecular formula is C23H22N2O5. The molecule has 0 radical (unpaired) electrons. The highest BCUT2D eigenvalue weighted by Gasteiger charge is 2.19. The lowest BCUT2D eigenvalue weighted by molar-refractivity contribution is -0.116. The van der Waals surface area contributed by atoms with E-state index in [4.69, 9.17) is 9.15 Å². The van der Waals surface area contributed by atoms with E-state index >= 15 is 0 Å². The molecule has 0 aliphatic carbocycles. The second-order valence-electron chi connectivity index (χ2n) is 6.74. The van der Waals surface area contributed by atoms with Gasteiger partial charge in [0.25, 0.3) is 5.91 Å². The Hall–Kier alpha value is -3.87. The fraction of sp³-hybridized carbons (Fsp3) is 0.174. The van der Waals surface area contributed by atoms with Crippen LogP contribution in [0.5, 0.6) is 5.75 Å². The fourth-order valence-corrected chi connectivity index (χ4v) is 2.85. The summed E-state index contributed by atoms with van der Waals surface area (Å²) in [5, 5.41) is 2.73. The lowest BCUT2D eigenvalue weighted by atomic mass is 10.1. The molecule has 0 aliphatic heterocycles. The molecule has 0 bridgehead atoms. The fourth-order valence-electron chi connectivity index (χ4n) is 2.85. The van der Waals surface area contributed by atoms with Crippen molar-refractivity contribution in [2.75, 3.05) is 26.0 Å². The minimum absolute atomic E-state index is 0.0225. The van der Waals surface area contributed by atoms with Crippen molar-refractivity contribution in [2.45, 2.75) is 6.92 Å². The number of hydrogen-bond acceptors (Lipinski definition) is 5. The molecule has 0 atom stereocenters. The third kappa shape index (κ3) is 4.94. The van der Waals surface area contributed by atoms with E-state index in [-0.39, 0.29) is 24.0 Å². The maximum absolute atomic E-state index is 12.6. The van der Waals surface area contributed by atoms with E-state index in [1.165, 1.54) is 18.9 Å². The number of rotatable bonds is 7. The van der Waals surface area contributed by atoms with Gasteiger partial charge in [-0.25, -0.2) is 0 Å². The van der Waals surface area contributed by atoms with Gasteiger partial charge in [0.2, 0.25) is 5.91 Å². The van der Waals surface area contributed by atoms with Crippen LogP contribution in [-0.2, 0) is 4.79 Å². The number of ketones is 1. The molecule has 30 heavy (non-hydrogen) atoms. The zero-order valence-corrected chi connectivity index (χ0v) is 17.0. The van der Waals surface area contributed by atoms with E-state index in [1.807, 2.05) is 0 Å². The predicted molar refractivity (Wildman–Crippen MR) is 113 cm³/mol. The van der Waals surface area contributed by atoms with Crippen molar-refractivity contribution in [3.05, 3.63) is 72.0 Å². The minimum atomic E-state index is -0.414. The molecule has 3 rings (SSSR count). The molecular weight excluding hydrogens is 384 g/mol. The smallest absolute Gasteiger partial charge is 0.289 e. The summed E-state index contributed by atoms with van der Waals surface area (Å²) in [6.45, 7) is 1.36. The number of amides is 2. The Balaban J connectivity index is 1.63. The van der Waals surface area contributed by atoms with Gasteiger partial charge in [-0.15, -0.1) is 0 Å². The topological polar surface area (TPSA) is 88.9 Å². The van der Waals surface area contributed by atoms with Gasteiger partial charge in [0.1, 0.15) is 11.5 Å². The number of nitrogens with one attached hydrogen (secondary N) is 1. The van der Waals surface area contributed by atoms with Gasteiger partial charge in [-0.3, -0.25) is 14.4 Å². The Morgan fingerprint density at radius 2 is 1.77 bits per heavy atom. The number of methoxy groups -OCH3 is 1. The largest absolute Gasteiger partial charge is 0.497 e. The molecule has 7 heteroatoms. The lowest BCUT2D eigenvalue weighted by Crippen LogP contribution is -2.34. The maximum Gasteiger partial charge on any atom is 0.289 e.